The molecule has 1 saturated heterocycles. The second-order valence-corrected chi connectivity index (χ2v) is 7.81. The number of carbonyl (C=O) groups is 1. The molecule has 9 heteroatoms. The van der Waals surface area contributed by atoms with Gasteiger partial charge in [0.05, 0.1) is 18.7 Å². The third-order valence-corrected chi connectivity index (χ3v) is 5.40. The van der Waals surface area contributed by atoms with Crippen LogP contribution in [0, 0.1) is 12.3 Å². The number of ether oxygens (including phenoxy) is 1. The van der Waals surface area contributed by atoms with Crippen molar-refractivity contribution in [3.63, 3.8) is 0 Å². The third-order valence-electron chi connectivity index (χ3n) is 5.40. The minimum absolute atomic E-state index is 0.0330. The number of aromatic nitrogens is 4. The molecule has 0 spiro atoms. The summed E-state index contributed by atoms with van der Waals surface area (Å²) in [6.07, 6.45) is 5.13. The molecule has 1 aromatic carbocycles. The van der Waals surface area contributed by atoms with Crippen LogP contribution in [0.3, 0.4) is 0 Å². The Morgan fingerprint density at radius 3 is 2.83 bits per heavy atom. The van der Waals surface area contributed by atoms with Crippen molar-refractivity contribution in [3.05, 3.63) is 53.7 Å². The molecule has 1 aliphatic heterocycles. The summed E-state index contributed by atoms with van der Waals surface area (Å²) >= 11 is 0. The van der Waals surface area contributed by atoms with Gasteiger partial charge in [0.1, 0.15) is 5.75 Å². The highest BCUT2D eigenvalue weighted by atomic mass is 16.5. The van der Waals surface area contributed by atoms with Crippen LogP contribution < -0.4 is 15.0 Å². The first-order chi connectivity index (χ1) is 14.5. The lowest BCUT2D eigenvalue weighted by atomic mass is 9.74. The number of benzene rings is 1. The highest BCUT2D eigenvalue weighted by Crippen LogP contribution is 2.37. The molecular weight excluding hydrogens is 384 g/mol. The Bertz CT molecular complexity index is 1020. The van der Waals surface area contributed by atoms with E-state index >= 15 is 0 Å². The summed E-state index contributed by atoms with van der Waals surface area (Å²) in [5, 5.41) is 11.3. The summed E-state index contributed by atoms with van der Waals surface area (Å²) in [5.74, 6) is 1.85. The maximum Gasteiger partial charge on any atom is 0.266 e. The Kier molecular flexibility index (Phi) is 5.43. The van der Waals surface area contributed by atoms with Gasteiger partial charge in [-0.2, -0.15) is 10.1 Å². The number of amides is 1. The number of anilines is 1. The van der Waals surface area contributed by atoms with Crippen LogP contribution in [0.25, 0.3) is 0 Å². The average Bonchev–Trinajstić information content (AvgIpc) is 3.32. The second kappa shape index (κ2) is 8.17. The number of nitrogens with one attached hydrogen (secondary N) is 1. The zero-order chi connectivity index (χ0) is 21.1. The van der Waals surface area contributed by atoms with Crippen LogP contribution in [0.1, 0.15) is 17.0 Å². The van der Waals surface area contributed by atoms with Crippen LogP contribution in [-0.2, 0) is 24.7 Å². The molecule has 1 fully saturated rings. The Balaban J connectivity index is 1.46. The molecule has 0 radical (unpaired) electrons. The Morgan fingerprint density at radius 2 is 2.17 bits per heavy atom. The van der Waals surface area contributed by atoms with Gasteiger partial charge in [-0.15, -0.1) is 0 Å². The molecule has 0 bridgehead atoms. The van der Waals surface area contributed by atoms with Crippen LogP contribution in [0.2, 0.25) is 0 Å². The van der Waals surface area contributed by atoms with Gasteiger partial charge in [0.15, 0.2) is 0 Å². The van der Waals surface area contributed by atoms with Crippen molar-refractivity contribution in [1.82, 2.24) is 25.2 Å². The van der Waals surface area contributed by atoms with E-state index in [9.17, 15) is 4.79 Å². The minimum Gasteiger partial charge on any atom is -0.497 e. The zero-order valence-corrected chi connectivity index (χ0v) is 17.5. The van der Waals surface area contributed by atoms with E-state index in [1.165, 1.54) is 0 Å². The van der Waals surface area contributed by atoms with Gasteiger partial charge in [-0.25, -0.2) is 0 Å². The van der Waals surface area contributed by atoms with Crippen molar-refractivity contribution in [3.8, 4) is 5.75 Å². The number of aryl methyl sites for hydroxylation is 2. The lowest BCUT2D eigenvalue weighted by Gasteiger charge is -2.48. The molecule has 0 aliphatic carbocycles. The Labute approximate surface area is 175 Å². The van der Waals surface area contributed by atoms with Gasteiger partial charge in [0.2, 0.25) is 11.8 Å². The number of carbonyl (C=O) groups excluding carboxylic acids is 1. The molecule has 0 unspecified atom stereocenters. The lowest BCUT2D eigenvalue weighted by Crippen LogP contribution is -2.65. The summed E-state index contributed by atoms with van der Waals surface area (Å²) in [7, 11) is 3.53. The number of hydrogen-bond donors (Lipinski definition) is 1. The molecule has 158 valence electrons. The predicted octanol–water partition coefficient (Wildman–Crippen LogP) is 1.53. The van der Waals surface area contributed by atoms with Gasteiger partial charge in [0, 0.05) is 39.8 Å². The topological polar surface area (TPSA) is 98.3 Å². The van der Waals surface area contributed by atoms with Crippen molar-refractivity contribution < 1.29 is 14.1 Å². The third kappa shape index (κ3) is 4.14. The molecule has 30 heavy (non-hydrogen) atoms. The van der Waals surface area contributed by atoms with Crippen LogP contribution in [0.4, 0.5) is 5.95 Å². The molecule has 0 saturated carbocycles. The smallest absolute Gasteiger partial charge is 0.266 e. The highest BCUT2D eigenvalue weighted by Gasteiger charge is 2.50. The van der Waals surface area contributed by atoms with E-state index < -0.39 is 5.41 Å². The van der Waals surface area contributed by atoms with E-state index in [1.54, 1.807) is 18.7 Å². The van der Waals surface area contributed by atoms with Crippen LogP contribution in [-0.4, -0.2) is 52.6 Å². The standard InChI is InChI=1S/C21H26N6O3/c1-15-24-20(25-30-15)27-13-21(14-27,10-16-5-4-6-18(9-16)29-3)19(28)22-8-7-17-11-23-26(2)12-17/h4-6,9,11-12H,7-8,10,13-14H2,1-3H3,(H,22,28). The second-order valence-electron chi connectivity index (χ2n) is 7.81. The van der Waals surface area contributed by atoms with Gasteiger partial charge in [-0.3, -0.25) is 9.48 Å². The first-order valence-electron chi connectivity index (χ1n) is 9.91. The molecule has 1 aliphatic rings. The van der Waals surface area contributed by atoms with E-state index in [-0.39, 0.29) is 5.91 Å². The lowest BCUT2D eigenvalue weighted by molar-refractivity contribution is -0.132. The van der Waals surface area contributed by atoms with Crippen molar-refractivity contribution in [1.29, 1.82) is 0 Å². The molecule has 3 aromatic rings. The number of rotatable bonds is 8. The molecular formula is C21H26N6O3. The molecule has 9 nitrogen and oxygen atoms in total. The largest absolute Gasteiger partial charge is 0.497 e. The highest BCUT2D eigenvalue weighted by molar-refractivity contribution is 5.86. The molecule has 4 rings (SSSR count). The van der Waals surface area contributed by atoms with Gasteiger partial charge < -0.3 is 19.5 Å². The first-order valence-corrected chi connectivity index (χ1v) is 9.91. The fraction of sp³-hybridized carbons (Fsp3) is 0.429. The first kappa shape index (κ1) is 19.9. The monoisotopic (exact) mass is 410 g/mol. The van der Waals surface area contributed by atoms with E-state index in [0.717, 1.165) is 23.3 Å². The van der Waals surface area contributed by atoms with E-state index in [0.29, 0.717) is 37.9 Å². The van der Waals surface area contributed by atoms with E-state index in [1.807, 2.05) is 48.6 Å². The Morgan fingerprint density at radius 1 is 1.33 bits per heavy atom. The fourth-order valence-corrected chi connectivity index (χ4v) is 3.86. The van der Waals surface area contributed by atoms with Gasteiger partial charge >= 0.3 is 0 Å². The quantitative estimate of drug-likeness (QED) is 0.601. The molecule has 1 N–H and O–H groups in total. The summed E-state index contributed by atoms with van der Waals surface area (Å²) in [4.78, 5) is 19.5. The predicted molar refractivity (Wildman–Crippen MR) is 110 cm³/mol. The van der Waals surface area contributed by atoms with Crippen molar-refractivity contribution >= 4 is 11.9 Å². The zero-order valence-electron chi connectivity index (χ0n) is 17.5. The van der Waals surface area contributed by atoms with Crippen molar-refractivity contribution in [2.75, 3.05) is 31.6 Å². The summed E-state index contributed by atoms with van der Waals surface area (Å²) in [6, 6.07) is 7.85. The molecule has 0 atom stereocenters. The van der Waals surface area contributed by atoms with E-state index in [4.69, 9.17) is 9.26 Å². The van der Waals surface area contributed by atoms with E-state index in [2.05, 4.69) is 20.6 Å². The van der Waals surface area contributed by atoms with Crippen molar-refractivity contribution in [2.45, 2.75) is 19.8 Å². The number of nitrogens with zero attached hydrogens (tertiary/aromatic N) is 5. The molecule has 2 aromatic heterocycles. The summed E-state index contributed by atoms with van der Waals surface area (Å²) < 4.78 is 12.2. The van der Waals surface area contributed by atoms with Gasteiger partial charge in [-0.05, 0) is 41.3 Å². The normalized spacial score (nSPS) is 15.0. The maximum absolute atomic E-state index is 13.2. The van der Waals surface area contributed by atoms with Crippen LogP contribution in [0.15, 0.2) is 41.2 Å². The summed E-state index contributed by atoms with van der Waals surface area (Å²) in [6.45, 7) is 3.38. The van der Waals surface area contributed by atoms with Gasteiger partial charge in [0.25, 0.3) is 5.95 Å². The van der Waals surface area contributed by atoms with Crippen LogP contribution in [0.5, 0.6) is 5.75 Å². The summed E-state index contributed by atoms with van der Waals surface area (Å²) in [5.41, 5.74) is 1.59. The average molecular weight is 410 g/mol. The van der Waals surface area contributed by atoms with Crippen LogP contribution >= 0.6 is 0 Å². The fourth-order valence-electron chi connectivity index (χ4n) is 3.86. The molecule has 3 heterocycles. The Hall–Kier alpha value is -3.36. The molecule has 1 amide bonds. The number of methoxy groups -OCH3 is 1. The van der Waals surface area contributed by atoms with Gasteiger partial charge in [-0.1, -0.05) is 12.1 Å². The SMILES string of the molecule is COc1cccc(CC2(C(=O)NCCc3cnn(C)c3)CN(c3noc(C)n3)C2)c1. The minimum atomic E-state index is -0.560. The maximum atomic E-state index is 13.2. The number of hydrogen-bond acceptors (Lipinski definition) is 7. The van der Waals surface area contributed by atoms with Crippen molar-refractivity contribution in [2.24, 2.45) is 12.5 Å².